The van der Waals surface area contributed by atoms with Crippen molar-refractivity contribution in [2.24, 2.45) is 5.41 Å². The second kappa shape index (κ2) is 19.5. The van der Waals surface area contributed by atoms with Crippen molar-refractivity contribution in [3.05, 3.63) is 65.7 Å². The minimum absolute atomic E-state index is 0.0227. The first kappa shape index (κ1) is 42.7. The lowest BCUT2D eigenvalue weighted by molar-refractivity contribution is -0.144. The van der Waals surface area contributed by atoms with Crippen LogP contribution in [0, 0.1) is 5.41 Å². The standard InChI is InChI=1S/C40H56N6O9/c1-7-13-29(34(49)37(51)41-23-32(48)43-33(38(52)45(5)6)26-15-9-8-10-16-26)42-36(50)30-22-28-24-46(30)39(53)35(40(2,3)4)44-31(47)21-25-14-11-17-27(20-25)54-18-12-19-55-28/h8-11,14-17,20,28-30,33-35,49H,7,12-13,18-19,21-24H2,1-6H3,(H,41,51)(H,42,50)(H,43,48)(H,44,47)/t28-,29?,30+,33+,34?,35-/m1/s1. The summed E-state index contributed by atoms with van der Waals surface area (Å²) < 4.78 is 12.0. The molecule has 0 radical (unpaired) electrons. The van der Waals surface area contributed by atoms with Gasteiger partial charge in [-0.3, -0.25) is 28.8 Å². The Hall–Kier alpha value is -5.02. The van der Waals surface area contributed by atoms with E-state index in [1.807, 2.05) is 39.8 Å². The van der Waals surface area contributed by atoms with E-state index < -0.39 is 72.0 Å². The van der Waals surface area contributed by atoms with Gasteiger partial charge in [0.1, 0.15) is 23.9 Å². The summed E-state index contributed by atoms with van der Waals surface area (Å²) in [6, 6.07) is 11.8. The zero-order valence-electron chi connectivity index (χ0n) is 32.6. The average molecular weight is 765 g/mol. The molecule has 0 spiro atoms. The zero-order valence-corrected chi connectivity index (χ0v) is 32.6. The Morgan fingerprint density at radius 3 is 2.42 bits per heavy atom. The van der Waals surface area contributed by atoms with Gasteiger partial charge in [0.15, 0.2) is 6.10 Å². The van der Waals surface area contributed by atoms with Crippen LogP contribution in [0.4, 0.5) is 0 Å². The van der Waals surface area contributed by atoms with E-state index in [1.165, 1.54) is 9.80 Å². The van der Waals surface area contributed by atoms with Crippen LogP contribution in [0.15, 0.2) is 54.6 Å². The maximum Gasteiger partial charge on any atom is 0.251 e. The summed E-state index contributed by atoms with van der Waals surface area (Å²) >= 11 is 0. The number of fused-ring (bicyclic) bond motifs is 4. The van der Waals surface area contributed by atoms with Crippen LogP contribution in [0.5, 0.6) is 5.75 Å². The van der Waals surface area contributed by atoms with Crippen molar-refractivity contribution in [1.82, 2.24) is 31.1 Å². The first-order valence-electron chi connectivity index (χ1n) is 18.8. The molecule has 1 fully saturated rings. The largest absolute Gasteiger partial charge is 0.493 e. The number of likely N-dealkylation sites (N-methyl/N-ethyl adjacent to an activating group) is 1. The molecule has 55 heavy (non-hydrogen) atoms. The van der Waals surface area contributed by atoms with Gasteiger partial charge in [0, 0.05) is 33.5 Å². The fraction of sp³-hybridized carbons (Fsp3) is 0.550. The molecule has 6 amide bonds. The molecule has 0 saturated carbocycles. The molecule has 300 valence electrons. The number of ether oxygens (including phenoxy) is 2. The Morgan fingerprint density at radius 2 is 1.75 bits per heavy atom. The molecule has 0 aromatic heterocycles. The second-order valence-electron chi connectivity index (χ2n) is 15.3. The molecule has 2 aliphatic heterocycles. The van der Waals surface area contributed by atoms with Crippen LogP contribution in [0.2, 0.25) is 0 Å². The van der Waals surface area contributed by atoms with Gasteiger partial charge in [0.2, 0.25) is 29.5 Å². The van der Waals surface area contributed by atoms with Crippen molar-refractivity contribution in [1.29, 1.82) is 0 Å². The Labute approximate surface area is 322 Å². The van der Waals surface area contributed by atoms with E-state index in [2.05, 4.69) is 21.3 Å². The fourth-order valence-electron chi connectivity index (χ4n) is 6.62. The molecule has 0 aliphatic carbocycles. The van der Waals surface area contributed by atoms with Gasteiger partial charge >= 0.3 is 0 Å². The predicted octanol–water partition coefficient (Wildman–Crippen LogP) is 1.24. The van der Waals surface area contributed by atoms with Gasteiger partial charge in [-0.2, -0.15) is 0 Å². The SMILES string of the molecule is CCCC(NC(=O)[C@@H]1C[C@@H]2CN1C(=O)[C@H](C(C)(C)C)NC(=O)Cc1cccc(c1)OCCCO2)C(O)C(=O)NCC(=O)N[C@H](C(=O)N(C)C)c1ccccc1. The third-order valence-corrected chi connectivity index (χ3v) is 9.57. The van der Waals surface area contributed by atoms with Crippen LogP contribution >= 0.6 is 0 Å². The maximum absolute atomic E-state index is 14.3. The van der Waals surface area contributed by atoms with E-state index >= 15 is 0 Å². The number of nitrogens with one attached hydrogen (secondary N) is 4. The summed E-state index contributed by atoms with van der Waals surface area (Å²) in [5.41, 5.74) is 0.552. The van der Waals surface area contributed by atoms with E-state index in [-0.39, 0.29) is 37.6 Å². The van der Waals surface area contributed by atoms with E-state index in [0.717, 1.165) is 5.56 Å². The quantitative estimate of drug-likeness (QED) is 0.224. The monoisotopic (exact) mass is 764 g/mol. The van der Waals surface area contributed by atoms with Gasteiger partial charge in [0.05, 0.1) is 38.3 Å². The molecule has 2 heterocycles. The van der Waals surface area contributed by atoms with Crippen LogP contribution < -0.4 is 26.0 Å². The highest BCUT2D eigenvalue weighted by Crippen LogP contribution is 2.28. The molecule has 4 bridgehead atoms. The molecule has 1 saturated heterocycles. The molecule has 2 aromatic rings. The number of carbonyl (C=O) groups is 6. The van der Waals surface area contributed by atoms with E-state index in [1.54, 1.807) is 56.6 Å². The Kier molecular flexibility index (Phi) is 15.2. The molecule has 6 atom stereocenters. The zero-order chi connectivity index (χ0) is 40.3. The van der Waals surface area contributed by atoms with Crippen molar-refractivity contribution in [3.63, 3.8) is 0 Å². The molecule has 2 aliphatic rings. The van der Waals surface area contributed by atoms with Gasteiger partial charge in [-0.25, -0.2) is 0 Å². The normalized spacial score (nSPS) is 20.9. The lowest BCUT2D eigenvalue weighted by atomic mass is 9.85. The number of rotatable bonds is 11. The van der Waals surface area contributed by atoms with Crippen LogP contribution in [-0.4, -0.2) is 121 Å². The molecule has 15 heteroatoms. The van der Waals surface area contributed by atoms with Crippen molar-refractivity contribution in [2.75, 3.05) is 40.4 Å². The Morgan fingerprint density at radius 1 is 1.02 bits per heavy atom. The van der Waals surface area contributed by atoms with Gasteiger partial charge in [-0.1, -0.05) is 76.6 Å². The average Bonchev–Trinajstić information content (AvgIpc) is 3.58. The number of carbonyl (C=O) groups excluding carboxylic acids is 6. The molecule has 2 unspecified atom stereocenters. The van der Waals surface area contributed by atoms with E-state index in [9.17, 15) is 33.9 Å². The summed E-state index contributed by atoms with van der Waals surface area (Å²) in [7, 11) is 3.13. The molecule has 2 aromatic carbocycles. The minimum atomic E-state index is -1.74. The molecule has 15 nitrogen and oxygen atoms in total. The van der Waals surface area contributed by atoms with Crippen molar-refractivity contribution in [3.8, 4) is 5.75 Å². The first-order chi connectivity index (χ1) is 26.1. The van der Waals surface area contributed by atoms with Gasteiger partial charge < -0.3 is 45.6 Å². The number of aliphatic hydroxyl groups is 1. The summed E-state index contributed by atoms with van der Waals surface area (Å²) in [6.07, 6.45) is -0.813. The minimum Gasteiger partial charge on any atom is -0.493 e. The van der Waals surface area contributed by atoms with Gasteiger partial charge in [-0.05, 0) is 35.1 Å². The Bertz CT molecular complexity index is 1660. The van der Waals surface area contributed by atoms with Crippen LogP contribution in [-0.2, 0) is 39.9 Å². The summed E-state index contributed by atoms with van der Waals surface area (Å²) in [5, 5.41) is 21.9. The number of nitrogens with zero attached hydrogens (tertiary/aromatic N) is 2. The number of hydrogen-bond donors (Lipinski definition) is 5. The maximum atomic E-state index is 14.3. The number of hydrogen-bond acceptors (Lipinski definition) is 9. The summed E-state index contributed by atoms with van der Waals surface area (Å²) in [4.78, 5) is 83.3. The van der Waals surface area contributed by atoms with Crippen molar-refractivity contribution < 1.29 is 43.3 Å². The smallest absolute Gasteiger partial charge is 0.251 e. The van der Waals surface area contributed by atoms with Crippen molar-refractivity contribution >= 4 is 35.4 Å². The topological polar surface area (TPSA) is 196 Å². The van der Waals surface area contributed by atoms with Gasteiger partial charge in [0.25, 0.3) is 5.91 Å². The van der Waals surface area contributed by atoms with E-state index in [4.69, 9.17) is 9.47 Å². The lowest BCUT2D eigenvalue weighted by Gasteiger charge is -2.36. The third-order valence-electron chi connectivity index (χ3n) is 9.57. The highest BCUT2D eigenvalue weighted by molar-refractivity contribution is 5.94. The van der Waals surface area contributed by atoms with E-state index in [0.29, 0.717) is 37.4 Å². The fourth-order valence-corrected chi connectivity index (χ4v) is 6.62. The van der Waals surface area contributed by atoms with Crippen LogP contribution in [0.25, 0.3) is 0 Å². The molecular weight excluding hydrogens is 708 g/mol. The number of amides is 6. The molecular formula is C40H56N6O9. The van der Waals surface area contributed by atoms with Crippen LogP contribution in [0.1, 0.15) is 70.5 Å². The summed E-state index contributed by atoms with van der Waals surface area (Å²) in [5.74, 6) is -2.71. The second-order valence-corrected chi connectivity index (χ2v) is 15.3. The van der Waals surface area contributed by atoms with Crippen LogP contribution in [0.3, 0.4) is 0 Å². The highest BCUT2D eigenvalue weighted by Gasteiger charge is 2.46. The third kappa shape index (κ3) is 12.0. The lowest BCUT2D eigenvalue weighted by Crippen LogP contribution is -2.59. The van der Waals surface area contributed by atoms with Gasteiger partial charge in [-0.15, -0.1) is 0 Å². The highest BCUT2D eigenvalue weighted by atomic mass is 16.5. The molecule has 5 N–H and O–H groups in total. The number of benzene rings is 2. The molecule has 4 rings (SSSR count). The number of aliphatic hydroxyl groups excluding tert-OH is 1. The Balaban J connectivity index is 1.46. The predicted molar refractivity (Wildman–Crippen MR) is 203 cm³/mol. The first-order valence-corrected chi connectivity index (χ1v) is 18.8. The van der Waals surface area contributed by atoms with Crippen molar-refractivity contribution in [2.45, 2.75) is 96.2 Å². The summed E-state index contributed by atoms with van der Waals surface area (Å²) in [6.45, 7) is 7.56.